The first-order valence-corrected chi connectivity index (χ1v) is 9.71. The Hall–Kier alpha value is -3.88. The molecular formula is C22H16F2N4O3. The summed E-state index contributed by atoms with van der Waals surface area (Å²) >= 11 is 0. The first-order chi connectivity index (χ1) is 15.0. The molecule has 1 amide bonds. The SMILES string of the molecule is O=C(Cn1c(=O)cc(-c2nc(C3CC3)no2)c2ccccc21)Nc1ccc(F)cc1F. The van der Waals surface area contributed by atoms with Gasteiger partial charge in [-0.05, 0) is 31.0 Å². The second kappa shape index (κ2) is 7.42. The molecule has 9 heteroatoms. The molecule has 0 radical (unpaired) electrons. The zero-order valence-electron chi connectivity index (χ0n) is 16.1. The molecule has 2 aromatic heterocycles. The first-order valence-electron chi connectivity index (χ1n) is 9.71. The molecule has 156 valence electrons. The van der Waals surface area contributed by atoms with Crippen LogP contribution >= 0.6 is 0 Å². The first kappa shape index (κ1) is 19.1. The normalized spacial score (nSPS) is 13.5. The van der Waals surface area contributed by atoms with Gasteiger partial charge in [0.05, 0.1) is 16.8 Å². The second-order valence-corrected chi connectivity index (χ2v) is 7.40. The van der Waals surface area contributed by atoms with Crippen molar-refractivity contribution in [1.29, 1.82) is 0 Å². The summed E-state index contributed by atoms with van der Waals surface area (Å²) in [5.74, 6) is -1.09. The number of nitrogens with one attached hydrogen (secondary N) is 1. The Kier molecular flexibility index (Phi) is 4.58. The molecule has 4 aromatic rings. The number of hydrogen-bond acceptors (Lipinski definition) is 5. The Bertz CT molecular complexity index is 1370. The minimum Gasteiger partial charge on any atom is -0.334 e. The van der Waals surface area contributed by atoms with Crippen LogP contribution in [0.5, 0.6) is 0 Å². The van der Waals surface area contributed by atoms with Crippen LogP contribution < -0.4 is 10.9 Å². The smallest absolute Gasteiger partial charge is 0.258 e. The molecule has 1 N–H and O–H groups in total. The maximum Gasteiger partial charge on any atom is 0.258 e. The Morgan fingerprint density at radius 2 is 1.97 bits per heavy atom. The van der Waals surface area contributed by atoms with Crippen LogP contribution in [0.4, 0.5) is 14.5 Å². The summed E-state index contributed by atoms with van der Waals surface area (Å²) in [6.45, 7) is -0.354. The van der Waals surface area contributed by atoms with Gasteiger partial charge in [-0.2, -0.15) is 4.98 Å². The van der Waals surface area contributed by atoms with Crippen molar-refractivity contribution in [3.8, 4) is 11.5 Å². The molecule has 1 aliphatic rings. The fourth-order valence-corrected chi connectivity index (χ4v) is 3.45. The number of carbonyl (C=O) groups excluding carboxylic acids is 1. The molecule has 0 unspecified atom stereocenters. The molecule has 1 fully saturated rings. The van der Waals surface area contributed by atoms with Gasteiger partial charge in [0.1, 0.15) is 18.2 Å². The summed E-state index contributed by atoms with van der Waals surface area (Å²) in [7, 11) is 0. The predicted octanol–water partition coefficient (Wildman–Crippen LogP) is 3.85. The summed E-state index contributed by atoms with van der Waals surface area (Å²) < 4.78 is 33.6. The summed E-state index contributed by atoms with van der Waals surface area (Å²) in [5, 5.41) is 7.03. The van der Waals surface area contributed by atoms with E-state index in [2.05, 4.69) is 15.5 Å². The van der Waals surface area contributed by atoms with Crippen LogP contribution in [0.25, 0.3) is 22.4 Å². The van der Waals surface area contributed by atoms with Gasteiger partial charge >= 0.3 is 0 Å². The third-order valence-electron chi connectivity index (χ3n) is 5.14. The van der Waals surface area contributed by atoms with E-state index in [-0.39, 0.29) is 18.1 Å². The highest BCUT2D eigenvalue weighted by molar-refractivity contribution is 5.95. The quantitative estimate of drug-likeness (QED) is 0.528. The van der Waals surface area contributed by atoms with E-state index in [4.69, 9.17) is 4.52 Å². The third-order valence-corrected chi connectivity index (χ3v) is 5.14. The topological polar surface area (TPSA) is 90.0 Å². The van der Waals surface area contributed by atoms with Gasteiger partial charge in [0.15, 0.2) is 5.82 Å². The van der Waals surface area contributed by atoms with Gasteiger partial charge in [-0.25, -0.2) is 8.78 Å². The van der Waals surface area contributed by atoms with Gasteiger partial charge in [-0.15, -0.1) is 0 Å². The number of carbonyl (C=O) groups is 1. The third kappa shape index (κ3) is 3.70. The number of aromatic nitrogens is 3. The number of fused-ring (bicyclic) bond motifs is 1. The summed E-state index contributed by atoms with van der Waals surface area (Å²) in [5.41, 5.74) is 0.362. The Balaban J connectivity index is 1.50. The van der Waals surface area contributed by atoms with Crippen LogP contribution in [0.15, 0.2) is 57.8 Å². The fourth-order valence-electron chi connectivity index (χ4n) is 3.45. The molecule has 0 bridgehead atoms. The van der Waals surface area contributed by atoms with Crippen molar-refractivity contribution in [2.75, 3.05) is 5.32 Å². The molecule has 1 aliphatic carbocycles. The Morgan fingerprint density at radius 3 is 2.74 bits per heavy atom. The van der Waals surface area contributed by atoms with Gasteiger partial charge in [0.25, 0.3) is 11.4 Å². The minimum absolute atomic E-state index is 0.168. The minimum atomic E-state index is -0.899. The van der Waals surface area contributed by atoms with E-state index in [0.29, 0.717) is 34.3 Å². The molecule has 0 aliphatic heterocycles. The lowest BCUT2D eigenvalue weighted by Crippen LogP contribution is -2.28. The fraction of sp³-hybridized carbons (Fsp3) is 0.182. The predicted molar refractivity (Wildman–Crippen MR) is 108 cm³/mol. The van der Waals surface area contributed by atoms with Crippen LogP contribution in [-0.4, -0.2) is 20.6 Å². The van der Waals surface area contributed by atoms with Crippen molar-refractivity contribution in [2.45, 2.75) is 25.3 Å². The zero-order valence-corrected chi connectivity index (χ0v) is 16.1. The van der Waals surface area contributed by atoms with Gasteiger partial charge in [0, 0.05) is 23.4 Å². The van der Waals surface area contributed by atoms with Gasteiger partial charge in [-0.1, -0.05) is 23.4 Å². The highest BCUT2D eigenvalue weighted by atomic mass is 19.1. The molecule has 2 heterocycles. The van der Waals surface area contributed by atoms with Crippen molar-refractivity contribution in [1.82, 2.24) is 14.7 Å². The van der Waals surface area contributed by atoms with E-state index in [1.165, 1.54) is 10.6 Å². The molecular weight excluding hydrogens is 406 g/mol. The number of anilines is 1. The lowest BCUT2D eigenvalue weighted by atomic mass is 10.1. The second-order valence-electron chi connectivity index (χ2n) is 7.40. The Labute approximate surface area is 174 Å². The molecule has 0 atom stereocenters. The standard InChI is InChI=1S/C22H16F2N4O3/c23-13-7-8-17(16(24)9-13)25-19(29)11-28-18-4-2-1-3-14(18)15(10-20(28)30)22-26-21(27-31-22)12-5-6-12/h1-4,7-10,12H,5-6,11H2,(H,25,29). The van der Waals surface area contributed by atoms with E-state index in [1.54, 1.807) is 24.3 Å². The lowest BCUT2D eigenvalue weighted by Gasteiger charge is -2.12. The van der Waals surface area contributed by atoms with Crippen LogP contribution in [0.3, 0.4) is 0 Å². The molecule has 0 saturated heterocycles. The summed E-state index contributed by atoms with van der Waals surface area (Å²) in [6, 6.07) is 11.2. The summed E-state index contributed by atoms with van der Waals surface area (Å²) in [6.07, 6.45) is 2.04. The maximum atomic E-state index is 13.8. The van der Waals surface area contributed by atoms with Crippen LogP contribution in [0.1, 0.15) is 24.6 Å². The molecule has 7 nitrogen and oxygen atoms in total. The van der Waals surface area contributed by atoms with E-state index < -0.39 is 23.1 Å². The van der Waals surface area contributed by atoms with Crippen molar-refractivity contribution in [3.05, 3.63) is 76.3 Å². The van der Waals surface area contributed by atoms with E-state index in [0.717, 1.165) is 25.0 Å². The van der Waals surface area contributed by atoms with E-state index >= 15 is 0 Å². The number of halogens is 2. The number of hydrogen-bond donors (Lipinski definition) is 1. The molecule has 0 spiro atoms. The van der Waals surface area contributed by atoms with Crippen LogP contribution in [-0.2, 0) is 11.3 Å². The molecule has 1 saturated carbocycles. The number of nitrogens with zero attached hydrogens (tertiary/aromatic N) is 3. The molecule has 5 rings (SSSR count). The number of para-hydroxylation sites is 1. The van der Waals surface area contributed by atoms with Crippen molar-refractivity contribution in [2.24, 2.45) is 0 Å². The highest BCUT2D eigenvalue weighted by Crippen LogP contribution is 2.39. The Morgan fingerprint density at radius 1 is 1.16 bits per heavy atom. The van der Waals surface area contributed by atoms with Gasteiger partial charge in [0.2, 0.25) is 5.91 Å². The number of benzene rings is 2. The zero-order chi connectivity index (χ0) is 21.5. The number of rotatable bonds is 5. The monoisotopic (exact) mass is 422 g/mol. The number of pyridine rings is 1. The van der Waals surface area contributed by atoms with Crippen molar-refractivity contribution < 1.29 is 18.1 Å². The van der Waals surface area contributed by atoms with Gasteiger partial charge in [-0.3, -0.25) is 14.2 Å². The largest absolute Gasteiger partial charge is 0.334 e. The molecule has 31 heavy (non-hydrogen) atoms. The molecule has 2 aromatic carbocycles. The van der Waals surface area contributed by atoms with E-state index in [9.17, 15) is 18.4 Å². The van der Waals surface area contributed by atoms with Crippen molar-refractivity contribution >= 4 is 22.5 Å². The maximum absolute atomic E-state index is 13.8. The van der Waals surface area contributed by atoms with Crippen molar-refractivity contribution in [3.63, 3.8) is 0 Å². The lowest BCUT2D eigenvalue weighted by molar-refractivity contribution is -0.116. The number of amides is 1. The van der Waals surface area contributed by atoms with E-state index in [1.807, 2.05) is 0 Å². The van der Waals surface area contributed by atoms with Crippen LogP contribution in [0, 0.1) is 11.6 Å². The van der Waals surface area contributed by atoms with Crippen LogP contribution in [0.2, 0.25) is 0 Å². The summed E-state index contributed by atoms with van der Waals surface area (Å²) in [4.78, 5) is 29.8. The van der Waals surface area contributed by atoms with Gasteiger partial charge < -0.3 is 9.84 Å². The average molecular weight is 422 g/mol. The average Bonchev–Trinajstić information content (AvgIpc) is 3.49. The highest BCUT2D eigenvalue weighted by Gasteiger charge is 2.29.